The van der Waals surface area contributed by atoms with Crippen molar-refractivity contribution < 1.29 is 9.59 Å². The summed E-state index contributed by atoms with van der Waals surface area (Å²) in [5.41, 5.74) is 2.85. The normalized spacial score (nSPS) is 18.4. The summed E-state index contributed by atoms with van der Waals surface area (Å²) in [4.78, 5) is 29.4. The summed E-state index contributed by atoms with van der Waals surface area (Å²) in [6.07, 6.45) is 4.07. The molecule has 0 spiro atoms. The maximum atomic E-state index is 12.6. The van der Waals surface area contributed by atoms with E-state index in [9.17, 15) is 9.59 Å². The molecule has 0 aromatic heterocycles. The van der Waals surface area contributed by atoms with Crippen LogP contribution in [0, 0.1) is 5.92 Å². The number of rotatable bonds is 5. The molecule has 146 valence electrons. The van der Waals surface area contributed by atoms with Crippen LogP contribution >= 0.6 is 0 Å². The molecule has 2 saturated heterocycles. The van der Waals surface area contributed by atoms with Crippen molar-refractivity contribution in [2.75, 3.05) is 26.2 Å². The second kappa shape index (κ2) is 8.70. The molecule has 0 atom stereocenters. The van der Waals surface area contributed by atoms with Gasteiger partial charge in [-0.25, -0.2) is 0 Å². The van der Waals surface area contributed by atoms with Crippen LogP contribution in [0.3, 0.4) is 0 Å². The van der Waals surface area contributed by atoms with Crippen LogP contribution in [-0.2, 0) is 6.54 Å². The second-order valence-electron chi connectivity index (χ2n) is 7.98. The zero-order chi connectivity index (χ0) is 19.3. The summed E-state index contributed by atoms with van der Waals surface area (Å²) in [5, 5.41) is 0. The lowest BCUT2D eigenvalue weighted by atomic mass is 9.89. The molecule has 0 aliphatic carbocycles. The van der Waals surface area contributed by atoms with Gasteiger partial charge >= 0.3 is 0 Å². The molecule has 2 aliphatic heterocycles. The Hall–Kier alpha value is -2.46. The largest absolute Gasteiger partial charge is 0.339 e. The fraction of sp³-hybridized carbons (Fsp3) is 0.417. The highest BCUT2D eigenvalue weighted by Gasteiger charge is 2.26. The Bertz CT molecular complexity index is 802. The number of likely N-dealkylation sites (tertiary alicyclic amines) is 2. The van der Waals surface area contributed by atoms with E-state index in [1.165, 1.54) is 5.56 Å². The van der Waals surface area contributed by atoms with Gasteiger partial charge in [0.05, 0.1) is 0 Å². The lowest BCUT2D eigenvalue weighted by Gasteiger charge is -2.31. The zero-order valence-electron chi connectivity index (χ0n) is 16.3. The van der Waals surface area contributed by atoms with Crippen LogP contribution in [0.2, 0.25) is 0 Å². The van der Waals surface area contributed by atoms with Gasteiger partial charge in [0.25, 0.3) is 5.91 Å². The number of carbonyl (C=O) groups excluding carboxylic acids is 2. The minimum atomic E-state index is 0.138. The molecule has 2 fully saturated rings. The number of carbonyl (C=O) groups is 2. The average molecular weight is 377 g/mol. The molecule has 0 unspecified atom stereocenters. The lowest BCUT2D eigenvalue weighted by molar-refractivity contribution is 0.0792. The van der Waals surface area contributed by atoms with E-state index >= 15 is 0 Å². The average Bonchev–Trinajstić information content (AvgIpc) is 3.29. The number of Topliss-reactive ketones (excluding diaryl/α,β-unsaturated/α-hetero) is 1. The van der Waals surface area contributed by atoms with Crippen molar-refractivity contribution >= 4 is 11.7 Å². The van der Waals surface area contributed by atoms with Crippen molar-refractivity contribution in [2.45, 2.75) is 32.2 Å². The molecular formula is C24H28N2O2. The van der Waals surface area contributed by atoms with Crippen LogP contribution in [-0.4, -0.2) is 47.7 Å². The molecule has 0 N–H and O–H groups in total. The van der Waals surface area contributed by atoms with E-state index in [4.69, 9.17) is 0 Å². The molecular weight excluding hydrogens is 348 g/mol. The Balaban J connectivity index is 1.29. The summed E-state index contributed by atoms with van der Waals surface area (Å²) in [7, 11) is 0. The van der Waals surface area contributed by atoms with Crippen molar-refractivity contribution in [3.63, 3.8) is 0 Å². The first-order valence-electron chi connectivity index (χ1n) is 10.4. The van der Waals surface area contributed by atoms with Gasteiger partial charge in [0.2, 0.25) is 0 Å². The van der Waals surface area contributed by atoms with E-state index in [1.807, 2.05) is 47.4 Å². The number of amides is 1. The Morgan fingerprint density at radius 1 is 0.786 bits per heavy atom. The summed E-state index contributed by atoms with van der Waals surface area (Å²) in [5.74, 6) is 0.577. The molecule has 0 bridgehead atoms. The summed E-state index contributed by atoms with van der Waals surface area (Å²) in [6.45, 7) is 4.54. The smallest absolute Gasteiger partial charge is 0.253 e. The van der Waals surface area contributed by atoms with E-state index < -0.39 is 0 Å². The number of hydrogen-bond donors (Lipinski definition) is 0. The molecule has 28 heavy (non-hydrogen) atoms. The van der Waals surface area contributed by atoms with Gasteiger partial charge in [0, 0.05) is 36.7 Å². The van der Waals surface area contributed by atoms with Gasteiger partial charge in [-0.15, -0.1) is 0 Å². The van der Waals surface area contributed by atoms with E-state index in [0.717, 1.165) is 69.5 Å². The molecule has 2 aromatic rings. The highest BCUT2D eigenvalue weighted by Crippen LogP contribution is 2.23. The quantitative estimate of drug-likeness (QED) is 0.740. The van der Waals surface area contributed by atoms with Gasteiger partial charge < -0.3 is 4.90 Å². The maximum Gasteiger partial charge on any atom is 0.253 e. The Kier molecular flexibility index (Phi) is 5.87. The lowest BCUT2D eigenvalue weighted by Crippen LogP contribution is -2.36. The predicted octanol–water partition coefficient (Wildman–Crippen LogP) is 4.02. The summed E-state index contributed by atoms with van der Waals surface area (Å²) in [6, 6.07) is 17.7. The molecule has 1 amide bonds. The van der Waals surface area contributed by atoms with Crippen LogP contribution in [0.15, 0.2) is 54.6 Å². The number of nitrogens with zero attached hydrogens (tertiary/aromatic N) is 2. The van der Waals surface area contributed by atoms with E-state index in [2.05, 4.69) is 17.0 Å². The first-order valence-corrected chi connectivity index (χ1v) is 10.4. The van der Waals surface area contributed by atoms with Crippen molar-refractivity contribution in [3.8, 4) is 0 Å². The zero-order valence-corrected chi connectivity index (χ0v) is 16.3. The van der Waals surface area contributed by atoms with Gasteiger partial charge in [-0.2, -0.15) is 0 Å². The predicted molar refractivity (Wildman–Crippen MR) is 110 cm³/mol. The van der Waals surface area contributed by atoms with Gasteiger partial charge in [-0.3, -0.25) is 14.5 Å². The Morgan fingerprint density at radius 3 is 2.07 bits per heavy atom. The molecule has 2 aliphatic rings. The maximum absolute atomic E-state index is 12.6. The third-order valence-electron chi connectivity index (χ3n) is 6.02. The first-order chi connectivity index (χ1) is 13.7. The van der Waals surface area contributed by atoms with Gasteiger partial charge in [-0.05, 0) is 56.5 Å². The minimum Gasteiger partial charge on any atom is -0.339 e. The fourth-order valence-electron chi connectivity index (χ4n) is 4.31. The van der Waals surface area contributed by atoms with Crippen LogP contribution in [0.5, 0.6) is 0 Å². The van der Waals surface area contributed by atoms with Gasteiger partial charge in [-0.1, -0.05) is 42.5 Å². The topological polar surface area (TPSA) is 40.6 Å². The number of piperidine rings is 1. The highest BCUT2D eigenvalue weighted by atomic mass is 16.2. The van der Waals surface area contributed by atoms with Crippen molar-refractivity contribution in [1.82, 2.24) is 9.80 Å². The highest BCUT2D eigenvalue weighted by molar-refractivity contribution is 5.97. The third-order valence-corrected chi connectivity index (χ3v) is 6.02. The van der Waals surface area contributed by atoms with Crippen molar-refractivity contribution in [2.24, 2.45) is 5.92 Å². The number of hydrogen-bond acceptors (Lipinski definition) is 3. The Morgan fingerprint density at radius 2 is 1.43 bits per heavy atom. The van der Waals surface area contributed by atoms with E-state index in [-0.39, 0.29) is 17.6 Å². The minimum absolute atomic E-state index is 0.138. The molecule has 0 radical (unpaired) electrons. The molecule has 4 heteroatoms. The molecule has 2 aromatic carbocycles. The monoisotopic (exact) mass is 376 g/mol. The molecule has 2 heterocycles. The van der Waals surface area contributed by atoms with Crippen LogP contribution in [0.1, 0.15) is 52.0 Å². The molecule has 0 saturated carbocycles. The second-order valence-corrected chi connectivity index (χ2v) is 7.98. The van der Waals surface area contributed by atoms with Crippen molar-refractivity contribution in [1.29, 1.82) is 0 Å². The third kappa shape index (κ3) is 4.33. The van der Waals surface area contributed by atoms with Gasteiger partial charge in [0.1, 0.15) is 0 Å². The van der Waals surface area contributed by atoms with Crippen LogP contribution in [0.4, 0.5) is 0 Å². The van der Waals surface area contributed by atoms with Crippen LogP contribution < -0.4 is 0 Å². The van der Waals surface area contributed by atoms with Crippen LogP contribution in [0.25, 0.3) is 0 Å². The summed E-state index contributed by atoms with van der Waals surface area (Å²) < 4.78 is 0. The standard InChI is InChI=1S/C24H28N2O2/c27-23(20-6-2-1-3-7-20)21-12-16-25(17-13-21)18-19-8-10-22(11-9-19)24(28)26-14-4-5-15-26/h1-3,6-11,21H,4-5,12-18H2. The van der Waals surface area contributed by atoms with Gasteiger partial charge in [0.15, 0.2) is 5.78 Å². The van der Waals surface area contributed by atoms with E-state index in [1.54, 1.807) is 0 Å². The molecule has 4 nitrogen and oxygen atoms in total. The summed E-state index contributed by atoms with van der Waals surface area (Å²) >= 11 is 0. The SMILES string of the molecule is O=C(c1ccccc1)C1CCN(Cc2ccc(C(=O)N3CCCC3)cc2)CC1. The number of ketones is 1. The molecule has 4 rings (SSSR count). The Labute approximate surface area is 167 Å². The first kappa shape index (κ1) is 18.9. The van der Waals surface area contributed by atoms with Crippen molar-refractivity contribution in [3.05, 3.63) is 71.3 Å². The number of benzene rings is 2. The van der Waals surface area contributed by atoms with E-state index in [0.29, 0.717) is 0 Å². The fourth-order valence-corrected chi connectivity index (χ4v) is 4.31.